The highest BCUT2D eigenvalue weighted by Gasteiger charge is 2.30. The predicted molar refractivity (Wildman–Crippen MR) is 118 cm³/mol. The van der Waals surface area contributed by atoms with Crippen molar-refractivity contribution in [1.29, 1.82) is 0 Å². The lowest BCUT2D eigenvalue weighted by atomic mass is 9.87. The van der Waals surface area contributed by atoms with Crippen LogP contribution in [0.25, 0.3) is 0 Å². The van der Waals surface area contributed by atoms with E-state index in [1.807, 2.05) is 18.2 Å². The molecule has 1 saturated heterocycles. The molecule has 3 atom stereocenters. The Bertz CT molecular complexity index is 912. The summed E-state index contributed by atoms with van der Waals surface area (Å²) >= 11 is 0. The number of rotatable bonds is 6. The van der Waals surface area contributed by atoms with Crippen molar-refractivity contribution in [1.82, 2.24) is 10.6 Å². The number of nitrogens with one attached hydrogen (secondary N) is 2. The highest BCUT2D eigenvalue weighted by atomic mass is 16.5. The van der Waals surface area contributed by atoms with Gasteiger partial charge >= 0.3 is 5.97 Å². The Labute approximate surface area is 183 Å². The summed E-state index contributed by atoms with van der Waals surface area (Å²) in [5.41, 5.74) is 4.11. The zero-order chi connectivity index (χ0) is 21.6. The van der Waals surface area contributed by atoms with E-state index in [1.165, 1.54) is 18.2 Å². The van der Waals surface area contributed by atoms with Crippen molar-refractivity contribution in [3.8, 4) is 0 Å². The number of methoxy groups -OCH3 is 1. The van der Waals surface area contributed by atoms with Crippen LogP contribution in [0, 0.1) is 0 Å². The first kappa shape index (κ1) is 21.5. The van der Waals surface area contributed by atoms with Crippen LogP contribution in [0.4, 0.5) is 0 Å². The van der Waals surface area contributed by atoms with Gasteiger partial charge in [-0.15, -0.1) is 0 Å². The SMILES string of the molecule is COC(=O)c1ccc(COC2CCN[C@H](C(=O)NC3CCCc4ccccc43)C2)cc1. The predicted octanol–water partition coefficient (Wildman–Crippen LogP) is 3.30. The summed E-state index contributed by atoms with van der Waals surface area (Å²) in [4.78, 5) is 24.5. The van der Waals surface area contributed by atoms with Gasteiger partial charge in [0, 0.05) is 0 Å². The topological polar surface area (TPSA) is 76.7 Å². The van der Waals surface area contributed by atoms with E-state index in [0.717, 1.165) is 37.8 Å². The highest BCUT2D eigenvalue weighted by Crippen LogP contribution is 2.29. The van der Waals surface area contributed by atoms with E-state index in [2.05, 4.69) is 28.8 Å². The Morgan fingerprint density at radius 3 is 2.71 bits per heavy atom. The van der Waals surface area contributed by atoms with Gasteiger partial charge in [-0.25, -0.2) is 4.79 Å². The largest absolute Gasteiger partial charge is 0.465 e. The van der Waals surface area contributed by atoms with Crippen molar-refractivity contribution in [3.63, 3.8) is 0 Å². The quantitative estimate of drug-likeness (QED) is 0.699. The second-order valence-corrected chi connectivity index (χ2v) is 8.30. The molecular weight excluding hydrogens is 392 g/mol. The summed E-state index contributed by atoms with van der Waals surface area (Å²) in [7, 11) is 1.37. The fourth-order valence-electron chi connectivity index (χ4n) is 4.48. The van der Waals surface area contributed by atoms with Crippen LogP contribution in [0.5, 0.6) is 0 Å². The van der Waals surface area contributed by atoms with Gasteiger partial charge in [0.1, 0.15) is 0 Å². The molecule has 0 spiro atoms. The molecule has 2 unspecified atom stereocenters. The Balaban J connectivity index is 1.29. The van der Waals surface area contributed by atoms with Crippen molar-refractivity contribution >= 4 is 11.9 Å². The molecule has 1 heterocycles. The van der Waals surface area contributed by atoms with Crippen LogP contribution in [-0.4, -0.2) is 37.7 Å². The van der Waals surface area contributed by atoms with E-state index in [1.54, 1.807) is 12.1 Å². The van der Waals surface area contributed by atoms with Crippen LogP contribution >= 0.6 is 0 Å². The average Bonchev–Trinajstić information content (AvgIpc) is 2.83. The number of piperidine rings is 1. The maximum Gasteiger partial charge on any atom is 0.337 e. The third-order valence-corrected chi connectivity index (χ3v) is 6.22. The third kappa shape index (κ3) is 5.32. The minimum absolute atomic E-state index is 0.0240. The summed E-state index contributed by atoms with van der Waals surface area (Å²) in [6.45, 7) is 1.21. The molecule has 6 heteroatoms. The number of amides is 1. The number of aryl methyl sites for hydroxylation is 1. The van der Waals surface area contributed by atoms with Crippen molar-refractivity contribution in [3.05, 3.63) is 70.8 Å². The monoisotopic (exact) mass is 422 g/mol. The summed E-state index contributed by atoms with van der Waals surface area (Å²) < 4.78 is 10.8. The minimum atomic E-state index is -0.347. The van der Waals surface area contributed by atoms with E-state index < -0.39 is 0 Å². The molecule has 1 fully saturated rings. The molecule has 164 valence electrons. The Morgan fingerprint density at radius 1 is 1.10 bits per heavy atom. The highest BCUT2D eigenvalue weighted by molar-refractivity contribution is 5.89. The maximum absolute atomic E-state index is 13.0. The van der Waals surface area contributed by atoms with Crippen LogP contribution in [0.1, 0.15) is 58.8 Å². The molecule has 6 nitrogen and oxygen atoms in total. The smallest absolute Gasteiger partial charge is 0.337 e. The van der Waals surface area contributed by atoms with E-state index >= 15 is 0 Å². The van der Waals surface area contributed by atoms with Crippen LogP contribution < -0.4 is 10.6 Å². The van der Waals surface area contributed by atoms with Crippen LogP contribution in [-0.2, 0) is 27.3 Å². The van der Waals surface area contributed by atoms with E-state index in [4.69, 9.17) is 9.47 Å². The van der Waals surface area contributed by atoms with Gasteiger partial charge in [0.2, 0.25) is 5.91 Å². The van der Waals surface area contributed by atoms with Crippen LogP contribution in [0.2, 0.25) is 0 Å². The number of hydrogen-bond acceptors (Lipinski definition) is 5. The molecule has 0 aromatic heterocycles. The normalized spacial score (nSPS) is 22.9. The lowest BCUT2D eigenvalue weighted by Crippen LogP contribution is -2.51. The fraction of sp³-hybridized carbons (Fsp3) is 0.440. The number of hydrogen-bond donors (Lipinski definition) is 2. The summed E-state index contributed by atoms with van der Waals surface area (Å²) in [6, 6.07) is 15.5. The molecule has 2 aromatic carbocycles. The fourth-order valence-corrected chi connectivity index (χ4v) is 4.48. The first-order valence-corrected chi connectivity index (χ1v) is 11.0. The summed E-state index contributed by atoms with van der Waals surface area (Å²) in [6.07, 6.45) is 4.71. The van der Waals surface area contributed by atoms with Crippen molar-refractivity contribution < 1.29 is 19.1 Å². The van der Waals surface area contributed by atoms with Gasteiger partial charge in [-0.3, -0.25) is 4.79 Å². The van der Waals surface area contributed by atoms with Gasteiger partial charge in [0.15, 0.2) is 0 Å². The van der Waals surface area contributed by atoms with Crippen LogP contribution in [0.15, 0.2) is 48.5 Å². The van der Waals surface area contributed by atoms with E-state index in [9.17, 15) is 9.59 Å². The molecule has 4 rings (SSSR count). The number of benzene rings is 2. The lowest BCUT2D eigenvalue weighted by Gasteiger charge is -2.32. The molecule has 2 aliphatic rings. The average molecular weight is 423 g/mol. The summed E-state index contributed by atoms with van der Waals surface area (Å²) in [5, 5.41) is 6.60. The molecule has 2 aromatic rings. The van der Waals surface area contributed by atoms with Gasteiger partial charge in [-0.1, -0.05) is 36.4 Å². The van der Waals surface area contributed by atoms with Crippen LogP contribution in [0.3, 0.4) is 0 Å². The van der Waals surface area contributed by atoms with E-state index in [-0.39, 0.29) is 30.1 Å². The molecule has 0 radical (unpaired) electrons. The molecule has 31 heavy (non-hydrogen) atoms. The van der Waals surface area contributed by atoms with Crippen molar-refractivity contribution in [2.24, 2.45) is 0 Å². The molecule has 1 amide bonds. The second kappa shape index (κ2) is 10.1. The first-order chi connectivity index (χ1) is 15.1. The molecule has 0 bridgehead atoms. The zero-order valence-electron chi connectivity index (χ0n) is 17.9. The molecular formula is C25H30N2O4. The Hall–Kier alpha value is -2.70. The number of fused-ring (bicyclic) bond motifs is 1. The van der Waals surface area contributed by atoms with Gasteiger partial charge in [-0.2, -0.15) is 0 Å². The first-order valence-electron chi connectivity index (χ1n) is 11.0. The molecule has 1 aliphatic heterocycles. The minimum Gasteiger partial charge on any atom is -0.465 e. The Morgan fingerprint density at radius 2 is 1.90 bits per heavy atom. The maximum atomic E-state index is 13.0. The number of esters is 1. The third-order valence-electron chi connectivity index (χ3n) is 6.22. The number of carbonyl (C=O) groups is 2. The molecule has 2 N–H and O–H groups in total. The standard InChI is InChI=1S/C25H30N2O4/c1-30-25(29)19-11-9-17(10-12-19)16-31-20-13-14-26-23(15-20)24(28)27-22-8-4-6-18-5-2-3-7-21(18)22/h2-3,5,7,9-12,20,22-23,26H,4,6,8,13-16H2,1H3,(H,27,28)/t20?,22?,23-/m0/s1. The van der Waals surface area contributed by atoms with Gasteiger partial charge < -0.3 is 20.1 Å². The number of carbonyl (C=O) groups excluding carboxylic acids is 2. The van der Waals surface area contributed by atoms with Gasteiger partial charge in [-0.05, 0) is 67.5 Å². The van der Waals surface area contributed by atoms with Gasteiger partial charge in [0.05, 0.1) is 37.5 Å². The van der Waals surface area contributed by atoms with E-state index in [0.29, 0.717) is 18.6 Å². The number of ether oxygens (including phenoxy) is 2. The zero-order valence-corrected chi connectivity index (χ0v) is 17.9. The molecule has 0 saturated carbocycles. The molecule has 1 aliphatic carbocycles. The lowest BCUT2D eigenvalue weighted by molar-refractivity contribution is -0.126. The Kier molecular flexibility index (Phi) is 6.99. The second-order valence-electron chi connectivity index (χ2n) is 8.30. The van der Waals surface area contributed by atoms with Crippen molar-refractivity contribution in [2.45, 2.75) is 56.9 Å². The van der Waals surface area contributed by atoms with Gasteiger partial charge in [0.25, 0.3) is 0 Å². The summed E-state index contributed by atoms with van der Waals surface area (Å²) in [5.74, 6) is -0.294. The van der Waals surface area contributed by atoms with Crippen molar-refractivity contribution in [2.75, 3.05) is 13.7 Å².